The highest BCUT2D eigenvalue weighted by molar-refractivity contribution is 7.11. The van der Waals surface area contributed by atoms with Crippen LogP contribution in [0.5, 0.6) is 0 Å². The summed E-state index contributed by atoms with van der Waals surface area (Å²) in [5, 5.41) is 8.64. The highest BCUT2D eigenvalue weighted by atomic mass is 32.1. The fourth-order valence-electron chi connectivity index (χ4n) is 2.13. The number of fused-ring (bicyclic) bond motifs is 1. The molecule has 0 amide bonds. The smallest absolute Gasteiger partial charge is 0.157 e. The maximum absolute atomic E-state index is 4.51. The van der Waals surface area contributed by atoms with E-state index in [1.54, 1.807) is 22.0 Å². The van der Waals surface area contributed by atoms with Crippen molar-refractivity contribution in [1.82, 2.24) is 19.6 Å². The Balaban J connectivity index is 1.85. The first-order chi connectivity index (χ1) is 9.13. The summed E-state index contributed by atoms with van der Waals surface area (Å²) in [6.07, 6.45) is 3.65. The van der Waals surface area contributed by atoms with Gasteiger partial charge in [-0.25, -0.2) is 14.5 Å². The number of hydrogen-bond donors (Lipinski definition) is 1. The van der Waals surface area contributed by atoms with Crippen LogP contribution < -0.4 is 5.32 Å². The van der Waals surface area contributed by atoms with E-state index in [4.69, 9.17) is 0 Å². The molecule has 6 heteroatoms. The summed E-state index contributed by atoms with van der Waals surface area (Å²) in [5.74, 6) is 0.853. The second kappa shape index (κ2) is 4.62. The van der Waals surface area contributed by atoms with E-state index >= 15 is 0 Å². The molecule has 0 aliphatic heterocycles. The number of nitrogens with one attached hydrogen (secondary N) is 1. The van der Waals surface area contributed by atoms with Crippen LogP contribution in [0.4, 0.5) is 5.82 Å². The SMILES string of the molecule is Cc1nc(C)c(C(C)Nc2ccn3nccc3n2)s1. The summed E-state index contributed by atoms with van der Waals surface area (Å²) in [7, 11) is 0. The first kappa shape index (κ1) is 12.1. The minimum Gasteiger partial charge on any atom is -0.363 e. The van der Waals surface area contributed by atoms with Crippen molar-refractivity contribution < 1.29 is 0 Å². The first-order valence-electron chi connectivity index (χ1n) is 6.14. The molecule has 5 nitrogen and oxygen atoms in total. The van der Waals surface area contributed by atoms with Gasteiger partial charge >= 0.3 is 0 Å². The Morgan fingerprint density at radius 1 is 1.26 bits per heavy atom. The van der Waals surface area contributed by atoms with E-state index in [-0.39, 0.29) is 6.04 Å². The predicted molar refractivity (Wildman–Crippen MR) is 76.6 cm³/mol. The molecular weight excluding hydrogens is 258 g/mol. The van der Waals surface area contributed by atoms with E-state index in [0.29, 0.717) is 0 Å². The number of aryl methyl sites for hydroxylation is 2. The average molecular weight is 273 g/mol. The quantitative estimate of drug-likeness (QED) is 0.797. The lowest BCUT2D eigenvalue weighted by Crippen LogP contribution is -2.08. The molecule has 0 aliphatic rings. The topological polar surface area (TPSA) is 55.1 Å². The van der Waals surface area contributed by atoms with E-state index in [0.717, 1.165) is 22.2 Å². The second-order valence-corrected chi connectivity index (χ2v) is 5.73. The molecule has 98 valence electrons. The van der Waals surface area contributed by atoms with Crippen molar-refractivity contribution in [3.8, 4) is 0 Å². The maximum atomic E-state index is 4.51. The lowest BCUT2D eigenvalue weighted by atomic mass is 10.2. The fraction of sp³-hybridized carbons (Fsp3) is 0.308. The molecule has 0 aliphatic carbocycles. The summed E-state index contributed by atoms with van der Waals surface area (Å²) >= 11 is 1.73. The Bertz CT molecular complexity index is 715. The molecule has 1 N–H and O–H groups in total. The third-order valence-electron chi connectivity index (χ3n) is 2.96. The summed E-state index contributed by atoms with van der Waals surface area (Å²) in [6.45, 7) is 6.21. The van der Waals surface area contributed by atoms with Crippen LogP contribution in [0.3, 0.4) is 0 Å². The number of hydrogen-bond acceptors (Lipinski definition) is 5. The first-order valence-corrected chi connectivity index (χ1v) is 6.96. The molecular formula is C13H15N5S. The number of anilines is 1. The number of nitrogens with zero attached hydrogens (tertiary/aromatic N) is 4. The van der Waals surface area contributed by atoms with Gasteiger partial charge in [0.25, 0.3) is 0 Å². The maximum Gasteiger partial charge on any atom is 0.157 e. The Labute approximate surface area is 115 Å². The molecule has 3 heterocycles. The van der Waals surface area contributed by atoms with Crippen molar-refractivity contribution in [3.05, 3.63) is 40.1 Å². The molecule has 3 aromatic rings. The van der Waals surface area contributed by atoms with Crippen LogP contribution in [0.1, 0.15) is 28.5 Å². The van der Waals surface area contributed by atoms with Gasteiger partial charge in [-0.2, -0.15) is 5.10 Å². The largest absolute Gasteiger partial charge is 0.363 e. The number of aromatic nitrogens is 4. The summed E-state index contributed by atoms with van der Waals surface area (Å²) in [4.78, 5) is 10.2. The molecule has 0 spiro atoms. The molecule has 3 aromatic heterocycles. The van der Waals surface area contributed by atoms with Crippen molar-refractivity contribution in [3.63, 3.8) is 0 Å². The Kier molecular flexibility index (Phi) is 2.94. The Morgan fingerprint density at radius 2 is 2.11 bits per heavy atom. The molecule has 1 atom stereocenters. The number of rotatable bonds is 3. The molecule has 19 heavy (non-hydrogen) atoms. The van der Waals surface area contributed by atoms with Gasteiger partial charge in [0.1, 0.15) is 5.82 Å². The average Bonchev–Trinajstić information content (AvgIpc) is 2.94. The van der Waals surface area contributed by atoms with Crippen LogP contribution in [-0.2, 0) is 0 Å². The van der Waals surface area contributed by atoms with Crippen LogP contribution >= 0.6 is 11.3 Å². The molecule has 1 unspecified atom stereocenters. The highest BCUT2D eigenvalue weighted by Crippen LogP contribution is 2.26. The molecule has 3 rings (SSSR count). The van der Waals surface area contributed by atoms with Crippen molar-refractivity contribution in [2.24, 2.45) is 0 Å². The van der Waals surface area contributed by atoms with Crippen molar-refractivity contribution in [1.29, 1.82) is 0 Å². The van der Waals surface area contributed by atoms with E-state index in [9.17, 15) is 0 Å². The van der Waals surface area contributed by atoms with Crippen LogP contribution in [0.15, 0.2) is 24.5 Å². The van der Waals surface area contributed by atoms with Gasteiger partial charge in [0.15, 0.2) is 5.65 Å². The van der Waals surface area contributed by atoms with Crippen LogP contribution in [0.25, 0.3) is 5.65 Å². The normalized spacial score (nSPS) is 12.8. The van der Waals surface area contributed by atoms with Crippen molar-refractivity contribution in [2.45, 2.75) is 26.8 Å². The summed E-state index contributed by atoms with van der Waals surface area (Å²) in [6, 6.07) is 4.02. The lowest BCUT2D eigenvalue weighted by Gasteiger charge is -2.13. The molecule has 0 bridgehead atoms. The zero-order chi connectivity index (χ0) is 13.4. The van der Waals surface area contributed by atoms with E-state index in [1.165, 1.54) is 4.88 Å². The summed E-state index contributed by atoms with van der Waals surface area (Å²) in [5.41, 5.74) is 1.93. The van der Waals surface area contributed by atoms with Crippen LogP contribution in [-0.4, -0.2) is 19.6 Å². The third-order valence-corrected chi connectivity index (χ3v) is 4.21. The van der Waals surface area contributed by atoms with Gasteiger partial charge in [0.2, 0.25) is 0 Å². The van der Waals surface area contributed by atoms with Gasteiger partial charge in [-0.3, -0.25) is 0 Å². The minimum absolute atomic E-state index is 0.198. The molecule has 0 aromatic carbocycles. The van der Waals surface area contributed by atoms with Gasteiger partial charge in [-0.1, -0.05) is 0 Å². The van der Waals surface area contributed by atoms with Crippen molar-refractivity contribution in [2.75, 3.05) is 5.32 Å². The van der Waals surface area contributed by atoms with Gasteiger partial charge in [0, 0.05) is 17.1 Å². The van der Waals surface area contributed by atoms with Crippen LogP contribution in [0, 0.1) is 13.8 Å². The summed E-state index contributed by atoms with van der Waals surface area (Å²) < 4.78 is 1.75. The van der Waals surface area contributed by atoms with Gasteiger partial charge in [-0.05, 0) is 26.8 Å². The molecule has 0 radical (unpaired) electrons. The van der Waals surface area contributed by atoms with E-state index in [1.807, 2.05) is 32.2 Å². The van der Waals surface area contributed by atoms with Crippen LogP contribution in [0.2, 0.25) is 0 Å². The van der Waals surface area contributed by atoms with Gasteiger partial charge < -0.3 is 5.32 Å². The number of thiazole rings is 1. The molecule has 0 fully saturated rings. The van der Waals surface area contributed by atoms with Crippen molar-refractivity contribution >= 4 is 22.8 Å². The third kappa shape index (κ3) is 2.31. The molecule has 0 saturated heterocycles. The minimum atomic E-state index is 0.198. The van der Waals surface area contributed by atoms with E-state index in [2.05, 4.69) is 27.3 Å². The Hall–Kier alpha value is -1.95. The van der Waals surface area contributed by atoms with E-state index < -0.39 is 0 Å². The molecule has 0 saturated carbocycles. The lowest BCUT2D eigenvalue weighted by molar-refractivity contribution is 0.871. The van der Waals surface area contributed by atoms with Gasteiger partial charge in [0.05, 0.1) is 22.9 Å². The van der Waals surface area contributed by atoms with Gasteiger partial charge in [-0.15, -0.1) is 11.3 Å². The monoisotopic (exact) mass is 273 g/mol. The zero-order valence-electron chi connectivity index (χ0n) is 11.1. The highest BCUT2D eigenvalue weighted by Gasteiger charge is 2.13. The standard InChI is InChI=1S/C13H15N5S/c1-8-13(19-10(3)15-8)9(2)16-11-5-7-18-12(17-11)4-6-14-18/h4-7,9H,1-3H3,(H,16,17). The Morgan fingerprint density at radius 3 is 2.84 bits per heavy atom. The zero-order valence-corrected chi connectivity index (χ0v) is 11.9. The second-order valence-electron chi connectivity index (χ2n) is 4.50. The predicted octanol–water partition coefficient (Wildman–Crippen LogP) is 2.98. The fourth-order valence-corrected chi connectivity index (χ4v) is 3.06.